The van der Waals surface area contributed by atoms with Crippen LogP contribution in [-0.2, 0) is 4.74 Å². The monoisotopic (exact) mass is 227 g/mol. The van der Waals surface area contributed by atoms with Crippen LogP contribution in [0.2, 0.25) is 0 Å². The van der Waals surface area contributed by atoms with Gasteiger partial charge < -0.3 is 15.4 Å². The minimum Gasteiger partial charge on any atom is -0.374 e. The Morgan fingerprint density at radius 3 is 3.40 bits per heavy atom. The topological polar surface area (TPSA) is 63.2 Å². The van der Waals surface area contributed by atoms with Gasteiger partial charge in [-0.1, -0.05) is 0 Å². The molecular weight excluding hydrogens is 214 g/mol. The van der Waals surface area contributed by atoms with Gasteiger partial charge in [0.25, 0.3) is 5.91 Å². The average Bonchev–Trinajstić information content (AvgIpc) is 2.81. The molecule has 5 nitrogen and oxygen atoms in total. The van der Waals surface area contributed by atoms with E-state index in [-0.39, 0.29) is 12.0 Å². The predicted molar refractivity (Wildman–Crippen MR) is 57.1 cm³/mol. The van der Waals surface area contributed by atoms with Crippen molar-refractivity contribution in [2.75, 3.05) is 26.2 Å². The Hall–Kier alpha value is -0.980. The van der Waals surface area contributed by atoms with Crippen LogP contribution >= 0.6 is 11.3 Å². The van der Waals surface area contributed by atoms with Crippen LogP contribution in [-0.4, -0.2) is 43.2 Å². The molecule has 0 bridgehead atoms. The van der Waals surface area contributed by atoms with E-state index in [4.69, 9.17) is 4.74 Å². The molecule has 2 N–H and O–H groups in total. The Bertz CT molecular complexity index is 309. The maximum Gasteiger partial charge on any atom is 0.263 e. The molecule has 15 heavy (non-hydrogen) atoms. The second-order valence-corrected chi connectivity index (χ2v) is 4.16. The molecular formula is C9H13N3O2S. The van der Waals surface area contributed by atoms with Crippen LogP contribution in [0.4, 0.5) is 0 Å². The fourth-order valence-corrected chi connectivity index (χ4v) is 1.91. The standard InChI is InChI=1S/C9H13N3O2S/c13-9(8-5-11-6-15-8)12-4-7-3-10-1-2-14-7/h5-7,10H,1-4H2,(H,12,13). The largest absolute Gasteiger partial charge is 0.374 e. The molecule has 1 unspecified atom stereocenters. The summed E-state index contributed by atoms with van der Waals surface area (Å²) in [7, 11) is 0. The third-order valence-electron chi connectivity index (χ3n) is 2.15. The lowest BCUT2D eigenvalue weighted by atomic mass is 10.3. The van der Waals surface area contributed by atoms with Crippen molar-refractivity contribution in [2.45, 2.75) is 6.10 Å². The van der Waals surface area contributed by atoms with E-state index in [2.05, 4.69) is 15.6 Å². The van der Waals surface area contributed by atoms with Crippen molar-refractivity contribution in [2.24, 2.45) is 0 Å². The van der Waals surface area contributed by atoms with E-state index in [1.165, 1.54) is 11.3 Å². The molecule has 1 aromatic heterocycles. The number of hydrogen-bond acceptors (Lipinski definition) is 5. The van der Waals surface area contributed by atoms with Crippen LogP contribution in [0.1, 0.15) is 9.67 Å². The number of amides is 1. The molecule has 1 aromatic rings. The number of nitrogens with zero attached hydrogens (tertiary/aromatic N) is 1. The van der Waals surface area contributed by atoms with E-state index in [1.54, 1.807) is 11.7 Å². The van der Waals surface area contributed by atoms with Gasteiger partial charge in [-0.15, -0.1) is 11.3 Å². The van der Waals surface area contributed by atoms with Crippen LogP contribution in [0.5, 0.6) is 0 Å². The molecule has 2 heterocycles. The average molecular weight is 227 g/mol. The van der Waals surface area contributed by atoms with Crippen molar-refractivity contribution in [1.82, 2.24) is 15.6 Å². The zero-order valence-electron chi connectivity index (χ0n) is 8.23. The number of rotatable bonds is 3. The van der Waals surface area contributed by atoms with E-state index >= 15 is 0 Å². The highest BCUT2D eigenvalue weighted by atomic mass is 32.1. The number of carbonyl (C=O) groups is 1. The molecule has 1 amide bonds. The number of carbonyl (C=O) groups excluding carboxylic acids is 1. The Morgan fingerprint density at radius 2 is 2.73 bits per heavy atom. The minimum absolute atomic E-state index is 0.0772. The van der Waals surface area contributed by atoms with E-state index in [0.29, 0.717) is 18.0 Å². The Kier molecular flexibility index (Phi) is 3.65. The highest BCUT2D eigenvalue weighted by molar-refractivity contribution is 7.11. The fourth-order valence-electron chi connectivity index (χ4n) is 1.37. The van der Waals surface area contributed by atoms with Crippen LogP contribution in [0.15, 0.2) is 11.7 Å². The number of morpholine rings is 1. The molecule has 1 aliphatic heterocycles. The van der Waals surface area contributed by atoms with Crippen molar-refractivity contribution >= 4 is 17.2 Å². The van der Waals surface area contributed by atoms with Crippen LogP contribution in [0.3, 0.4) is 0 Å². The van der Waals surface area contributed by atoms with Crippen molar-refractivity contribution in [3.05, 3.63) is 16.6 Å². The third kappa shape index (κ3) is 2.98. The minimum atomic E-state index is -0.0772. The first kappa shape index (κ1) is 10.5. The summed E-state index contributed by atoms with van der Waals surface area (Å²) in [6, 6.07) is 0. The lowest BCUT2D eigenvalue weighted by molar-refractivity contribution is 0.0287. The molecule has 1 fully saturated rings. The fraction of sp³-hybridized carbons (Fsp3) is 0.556. The first-order valence-electron chi connectivity index (χ1n) is 4.85. The van der Waals surface area contributed by atoms with Gasteiger partial charge in [0.2, 0.25) is 0 Å². The normalized spacial score (nSPS) is 21.2. The molecule has 0 saturated carbocycles. The van der Waals surface area contributed by atoms with Gasteiger partial charge in [-0.05, 0) is 0 Å². The van der Waals surface area contributed by atoms with Crippen LogP contribution in [0.25, 0.3) is 0 Å². The van der Waals surface area contributed by atoms with Gasteiger partial charge in [0.05, 0.1) is 24.4 Å². The van der Waals surface area contributed by atoms with Gasteiger partial charge in [-0.3, -0.25) is 9.78 Å². The highest BCUT2D eigenvalue weighted by Crippen LogP contribution is 2.04. The molecule has 2 rings (SSSR count). The van der Waals surface area contributed by atoms with Gasteiger partial charge in [0.15, 0.2) is 0 Å². The number of hydrogen-bond donors (Lipinski definition) is 2. The molecule has 0 aromatic carbocycles. The van der Waals surface area contributed by atoms with E-state index in [9.17, 15) is 4.79 Å². The molecule has 6 heteroatoms. The quantitative estimate of drug-likeness (QED) is 0.754. The number of thiazole rings is 1. The summed E-state index contributed by atoms with van der Waals surface area (Å²) in [5, 5.41) is 6.03. The van der Waals surface area contributed by atoms with Gasteiger partial charge >= 0.3 is 0 Å². The molecule has 0 spiro atoms. The van der Waals surface area contributed by atoms with Crippen LogP contribution < -0.4 is 10.6 Å². The zero-order chi connectivity index (χ0) is 10.5. The smallest absolute Gasteiger partial charge is 0.263 e. The Morgan fingerprint density at radius 1 is 1.80 bits per heavy atom. The lowest BCUT2D eigenvalue weighted by Crippen LogP contribution is -2.45. The number of nitrogens with one attached hydrogen (secondary N) is 2. The van der Waals surface area contributed by atoms with E-state index in [1.807, 2.05) is 0 Å². The lowest BCUT2D eigenvalue weighted by Gasteiger charge is -2.23. The number of aromatic nitrogens is 1. The maximum atomic E-state index is 11.5. The van der Waals surface area contributed by atoms with Crippen molar-refractivity contribution in [1.29, 1.82) is 0 Å². The van der Waals surface area contributed by atoms with Crippen molar-refractivity contribution in [3.8, 4) is 0 Å². The summed E-state index contributed by atoms with van der Waals surface area (Å²) in [4.78, 5) is 16.0. The summed E-state index contributed by atoms with van der Waals surface area (Å²) in [5.74, 6) is -0.0772. The zero-order valence-corrected chi connectivity index (χ0v) is 9.05. The summed E-state index contributed by atoms with van der Waals surface area (Å²) >= 11 is 1.34. The number of ether oxygens (including phenoxy) is 1. The summed E-state index contributed by atoms with van der Waals surface area (Å²) < 4.78 is 5.46. The second kappa shape index (κ2) is 5.20. The first-order valence-corrected chi connectivity index (χ1v) is 5.73. The molecule has 1 aliphatic rings. The third-order valence-corrected chi connectivity index (χ3v) is 2.92. The van der Waals surface area contributed by atoms with Crippen molar-refractivity contribution in [3.63, 3.8) is 0 Å². The van der Waals surface area contributed by atoms with E-state index in [0.717, 1.165) is 13.1 Å². The predicted octanol–water partition coefficient (Wildman–Crippen LogP) is -0.139. The molecule has 0 aliphatic carbocycles. The van der Waals surface area contributed by atoms with Gasteiger partial charge in [0.1, 0.15) is 4.88 Å². The Balaban J connectivity index is 1.75. The first-order chi connectivity index (χ1) is 7.36. The van der Waals surface area contributed by atoms with Crippen molar-refractivity contribution < 1.29 is 9.53 Å². The van der Waals surface area contributed by atoms with Gasteiger partial charge in [-0.25, -0.2) is 0 Å². The molecule has 0 radical (unpaired) electrons. The maximum absolute atomic E-state index is 11.5. The van der Waals surface area contributed by atoms with Gasteiger partial charge in [0, 0.05) is 19.6 Å². The SMILES string of the molecule is O=C(NCC1CNCCO1)c1cncs1. The molecule has 1 atom stereocenters. The van der Waals surface area contributed by atoms with E-state index < -0.39 is 0 Å². The summed E-state index contributed by atoms with van der Waals surface area (Å²) in [6.07, 6.45) is 1.65. The molecule has 82 valence electrons. The second-order valence-electron chi connectivity index (χ2n) is 3.27. The highest BCUT2D eigenvalue weighted by Gasteiger charge is 2.15. The molecule has 1 saturated heterocycles. The summed E-state index contributed by atoms with van der Waals surface area (Å²) in [6.45, 7) is 2.94. The van der Waals surface area contributed by atoms with Crippen LogP contribution in [0, 0.1) is 0 Å². The van der Waals surface area contributed by atoms with Gasteiger partial charge in [-0.2, -0.15) is 0 Å². The Labute approximate surface area is 91.9 Å². The summed E-state index contributed by atoms with van der Waals surface area (Å²) in [5.41, 5.74) is 1.65.